The Morgan fingerprint density at radius 2 is 1.95 bits per heavy atom. The van der Waals surface area contributed by atoms with Gasteiger partial charge in [-0.25, -0.2) is 0 Å². The summed E-state index contributed by atoms with van der Waals surface area (Å²) < 4.78 is 0. The molecule has 2 aromatic carbocycles. The summed E-state index contributed by atoms with van der Waals surface area (Å²) in [5.74, 6) is 0.202. The Kier molecular flexibility index (Phi) is 3.66. The Hall–Kier alpha value is -2.56. The first-order valence-electron chi connectivity index (χ1n) is 5.87. The monoisotopic (exact) mass is 258 g/mol. The summed E-state index contributed by atoms with van der Waals surface area (Å²) in [5.41, 5.74) is 1.42. The number of nitro benzene ring substituents is 1. The lowest BCUT2D eigenvalue weighted by atomic mass is 10.1. The van der Waals surface area contributed by atoms with E-state index in [2.05, 4.69) is 5.32 Å². The second-order valence-corrected chi connectivity index (χ2v) is 4.23. The molecule has 0 fully saturated rings. The third-order valence-corrected chi connectivity index (χ3v) is 2.84. The minimum Gasteiger partial charge on any atom is -0.508 e. The number of nitrogens with one attached hydrogen (secondary N) is 1. The summed E-state index contributed by atoms with van der Waals surface area (Å²) in [6.45, 7) is 1.88. The van der Waals surface area contributed by atoms with Crippen molar-refractivity contribution in [1.29, 1.82) is 0 Å². The second-order valence-electron chi connectivity index (χ2n) is 4.23. The molecule has 0 amide bonds. The third-order valence-electron chi connectivity index (χ3n) is 2.84. The van der Waals surface area contributed by atoms with E-state index in [1.807, 2.05) is 19.1 Å². The van der Waals surface area contributed by atoms with Crippen molar-refractivity contribution in [1.82, 2.24) is 0 Å². The van der Waals surface area contributed by atoms with E-state index in [-0.39, 0.29) is 17.5 Å². The number of nitrogens with zero attached hydrogens (tertiary/aromatic N) is 1. The van der Waals surface area contributed by atoms with Crippen molar-refractivity contribution in [2.75, 3.05) is 5.32 Å². The van der Waals surface area contributed by atoms with Gasteiger partial charge in [0.05, 0.1) is 11.0 Å². The number of hydrogen-bond donors (Lipinski definition) is 2. The van der Waals surface area contributed by atoms with Crippen LogP contribution in [0.15, 0.2) is 48.5 Å². The maximum Gasteiger partial charge on any atom is 0.271 e. The highest BCUT2D eigenvalue weighted by Gasteiger charge is 2.11. The van der Waals surface area contributed by atoms with Crippen LogP contribution in [-0.2, 0) is 0 Å². The fourth-order valence-electron chi connectivity index (χ4n) is 1.89. The van der Waals surface area contributed by atoms with Crippen LogP contribution in [0.2, 0.25) is 0 Å². The fraction of sp³-hybridized carbons (Fsp3) is 0.143. The van der Waals surface area contributed by atoms with Crippen molar-refractivity contribution in [3.8, 4) is 5.75 Å². The maximum atomic E-state index is 10.7. The Bertz CT molecular complexity index is 599. The molecule has 0 radical (unpaired) electrons. The summed E-state index contributed by atoms with van der Waals surface area (Å²) in [6.07, 6.45) is 0. The van der Waals surface area contributed by atoms with Gasteiger partial charge in [0.15, 0.2) is 0 Å². The summed E-state index contributed by atoms with van der Waals surface area (Å²) in [5, 5.41) is 23.6. The molecule has 0 bridgehead atoms. The first-order valence-corrected chi connectivity index (χ1v) is 5.87. The van der Waals surface area contributed by atoms with Gasteiger partial charge in [-0.05, 0) is 19.1 Å². The van der Waals surface area contributed by atoms with Crippen LogP contribution in [0.1, 0.15) is 18.5 Å². The van der Waals surface area contributed by atoms with Crippen LogP contribution in [0.4, 0.5) is 11.4 Å². The summed E-state index contributed by atoms with van der Waals surface area (Å²) in [7, 11) is 0. The molecule has 2 aromatic rings. The number of phenolic OH excluding ortho intramolecular Hbond substituents is 1. The Morgan fingerprint density at radius 1 is 1.21 bits per heavy atom. The molecular formula is C14H14N2O3. The lowest BCUT2D eigenvalue weighted by Gasteiger charge is -2.16. The Balaban J connectivity index is 2.19. The molecule has 2 rings (SSSR count). The fourth-order valence-corrected chi connectivity index (χ4v) is 1.89. The SMILES string of the molecule is CC(Nc1cccc([N+](=O)[O-])c1)c1ccccc1O. The zero-order valence-electron chi connectivity index (χ0n) is 10.4. The van der Waals surface area contributed by atoms with E-state index in [0.29, 0.717) is 5.69 Å². The van der Waals surface area contributed by atoms with Crippen molar-refractivity contribution in [3.63, 3.8) is 0 Å². The van der Waals surface area contributed by atoms with Gasteiger partial charge in [-0.15, -0.1) is 0 Å². The highest BCUT2D eigenvalue weighted by molar-refractivity contribution is 5.53. The van der Waals surface area contributed by atoms with E-state index in [4.69, 9.17) is 0 Å². The number of non-ortho nitro benzene ring substituents is 1. The molecule has 0 spiro atoms. The molecule has 19 heavy (non-hydrogen) atoms. The molecule has 5 heteroatoms. The van der Waals surface area contributed by atoms with Gasteiger partial charge < -0.3 is 10.4 Å². The van der Waals surface area contributed by atoms with Crippen molar-refractivity contribution in [2.24, 2.45) is 0 Å². The standard InChI is InChI=1S/C14H14N2O3/c1-10(13-7-2-3-8-14(13)17)15-11-5-4-6-12(9-11)16(18)19/h2-10,15,17H,1H3. The van der Waals surface area contributed by atoms with E-state index in [1.54, 1.807) is 24.3 Å². The number of hydrogen-bond acceptors (Lipinski definition) is 4. The van der Waals surface area contributed by atoms with Crippen LogP contribution in [-0.4, -0.2) is 10.0 Å². The zero-order chi connectivity index (χ0) is 13.8. The van der Waals surface area contributed by atoms with Gasteiger partial charge in [-0.3, -0.25) is 10.1 Å². The number of para-hydroxylation sites is 1. The first-order chi connectivity index (χ1) is 9.08. The van der Waals surface area contributed by atoms with E-state index >= 15 is 0 Å². The van der Waals surface area contributed by atoms with Gasteiger partial charge in [0, 0.05) is 23.4 Å². The highest BCUT2D eigenvalue weighted by atomic mass is 16.6. The molecule has 0 heterocycles. The van der Waals surface area contributed by atoms with Gasteiger partial charge >= 0.3 is 0 Å². The van der Waals surface area contributed by atoms with Crippen LogP contribution in [0.25, 0.3) is 0 Å². The Morgan fingerprint density at radius 3 is 2.63 bits per heavy atom. The van der Waals surface area contributed by atoms with Gasteiger partial charge in [0.1, 0.15) is 5.75 Å². The number of rotatable bonds is 4. The van der Waals surface area contributed by atoms with Crippen molar-refractivity contribution >= 4 is 11.4 Å². The zero-order valence-corrected chi connectivity index (χ0v) is 10.4. The molecule has 1 unspecified atom stereocenters. The largest absolute Gasteiger partial charge is 0.508 e. The molecular weight excluding hydrogens is 244 g/mol. The number of benzene rings is 2. The van der Waals surface area contributed by atoms with Crippen LogP contribution in [0.5, 0.6) is 5.75 Å². The van der Waals surface area contributed by atoms with Crippen molar-refractivity contribution in [2.45, 2.75) is 13.0 Å². The predicted molar refractivity (Wildman–Crippen MR) is 73.2 cm³/mol. The maximum absolute atomic E-state index is 10.7. The van der Waals surface area contributed by atoms with Gasteiger partial charge in [-0.2, -0.15) is 0 Å². The first kappa shape index (κ1) is 12.9. The molecule has 0 aromatic heterocycles. The third kappa shape index (κ3) is 3.01. The summed E-state index contributed by atoms with van der Waals surface area (Å²) >= 11 is 0. The van der Waals surface area contributed by atoms with Crippen LogP contribution >= 0.6 is 0 Å². The average molecular weight is 258 g/mol. The number of aromatic hydroxyl groups is 1. The number of nitro groups is 1. The molecule has 0 saturated heterocycles. The normalized spacial score (nSPS) is 11.8. The van der Waals surface area contributed by atoms with Gasteiger partial charge in [0.25, 0.3) is 5.69 Å². The Labute approximate surface area is 110 Å². The van der Waals surface area contributed by atoms with Crippen LogP contribution in [0.3, 0.4) is 0 Å². The lowest BCUT2D eigenvalue weighted by Crippen LogP contribution is -2.06. The van der Waals surface area contributed by atoms with E-state index in [1.165, 1.54) is 12.1 Å². The molecule has 0 aliphatic carbocycles. The number of phenols is 1. The molecule has 2 N–H and O–H groups in total. The van der Waals surface area contributed by atoms with E-state index in [9.17, 15) is 15.2 Å². The predicted octanol–water partition coefficient (Wildman–Crippen LogP) is 3.47. The average Bonchev–Trinajstić information content (AvgIpc) is 2.39. The topological polar surface area (TPSA) is 75.4 Å². The van der Waals surface area contributed by atoms with Crippen molar-refractivity contribution < 1.29 is 10.0 Å². The highest BCUT2D eigenvalue weighted by Crippen LogP contribution is 2.27. The van der Waals surface area contributed by atoms with E-state index in [0.717, 1.165) is 5.56 Å². The van der Waals surface area contributed by atoms with E-state index < -0.39 is 4.92 Å². The molecule has 5 nitrogen and oxygen atoms in total. The molecule has 0 aliphatic rings. The number of anilines is 1. The lowest BCUT2D eigenvalue weighted by molar-refractivity contribution is -0.384. The smallest absolute Gasteiger partial charge is 0.271 e. The summed E-state index contributed by atoms with van der Waals surface area (Å²) in [6, 6.07) is 13.1. The van der Waals surface area contributed by atoms with Crippen LogP contribution in [0, 0.1) is 10.1 Å². The molecule has 0 aliphatic heterocycles. The second kappa shape index (κ2) is 5.39. The molecule has 1 atom stereocenters. The minimum absolute atomic E-state index is 0.0366. The minimum atomic E-state index is -0.435. The molecule has 98 valence electrons. The van der Waals surface area contributed by atoms with Crippen molar-refractivity contribution in [3.05, 3.63) is 64.2 Å². The molecule has 0 saturated carbocycles. The van der Waals surface area contributed by atoms with Gasteiger partial charge in [-0.1, -0.05) is 24.3 Å². The van der Waals surface area contributed by atoms with Crippen LogP contribution < -0.4 is 5.32 Å². The quantitative estimate of drug-likeness (QED) is 0.650. The summed E-state index contributed by atoms with van der Waals surface area (Å²) in [4.78, 5) is 10.3. The van der Waals surface area contributed by atoms with Gasteiger partial charge in [0.2, 0.25) is 0 Å².